The fourth-order valence-electron chi connectivity index (χ4n) is 5.23. The molecule has 3 aromatic carbocycles. The highest BCUT2D eigenvalue weighted by molar-refractivity contribution is 6.01. The zero-order valence-electron chi connectivity index (χ0n) is 24.5. The predicted octanol–water partition coefficient (Wildman–Crippen LogP) is 4.19. The summed E-state index contributed by atoms with van der Waals surface area (Å²) in [4.78, 5) is 39.3. The Morgan fingerprint density at radius 1 is 1.00 bits per heavy atom. The molecule has 1 amide bonds. The molecule has 6 rings (SSSR count). The number of imidazole rings is 1. The summed E-state index contributed by atoms with van der Waals surface area (Å²) in [6, 6.07) is 24.1. The van der Waals surface area contributed by atoms with Gasteiger partial charge in [-0.15, -0.1) is 0 Å². The van der Waals surface area contributed by atoms with E-state index in [-0.39, 0.29) is 17.4 Å². The Hall–Kier alpha value is -5.26. The Bertz CT molecular complexity index is 1860. The van der Waals surface area contributed by atoms with Gasteiger partial charge in [0, 0.05) is 38.0 Å². The Labute approximate surface area is 254 Å². The van der Waals surface area contributed by atoms with Gasteiger partial charge in [-0.2, -0.15) is 0 Å². The van der Waals surface area contributed by atoms with Crippen LogP contribution in [0.3, 0.4) is 0 Å². The van der Waals surface area contributed by atoms with Crippen LogP contribution in [0.5, 0.6) is 11.5 Å². The van der Waals surface area contributed by atoms with Crippen LogP contribution in [0.25, 0.3) is 22.5 Å². The van der Waals surface area contributed by atoms with Crippen molar-refractivity contribution in [3.63, 3.8) is 0 Å². The Balaban J connectivity index is 1.29. The third-order valence-corrected chi connectivity index (χ3v) is 7.71. The van der Waals surface area contributed by atoms with Crippen LogP contribution in [0.2, 0.25) is 0 Å². The Morgan fingerprint density at radius 2 is 1.77 bits per heavy atom. The number of benzene rings is 3. The van der Waals surface area contributed by atoms with Crippen molar-refractivity contribution in [3.8, 4) is 22.9 Å². The van der Waals surface area contributed by atoms with Crippen LogP contribution in [0.15, 0.2) is 102 Å². The van der Waals surface area contributed by atoms with Gasteiger partial charge in [-0.05, 0) is 68.1 Å². The number of nitrogen functional groups attached to an aromatic ring is 1. The zero-order chi connectivity index (χ0) is 30.6. The largest absolute Gasteiger partial charge is 0.457 e. The number of anilines is 2. The summed E-state index contributed by atoms with van der Waals surface area (Å²) in [6.07, 6.45) is 5.74. The lowest BCUT2D eigenvalue weighted by Crippen LogP contribution is -2.32. The van der Waals surface area contributed by atoms with E-state index in [0.29, 0.717) is 58.9 Å². The molecule has 0 spiro atoms. The first-order chi connectivity index (χ1) is 21.4. The molecule has 1 aliphatic heterocycles. The van der Waals surface area contributed by atoms with E-state index in [2.05, 4.69) is 14.9 Å². The number of hydrogen-bond acceptors (Lipinski definition) is 8. The van der Waals surface area contributed by atoms with Crippen molar-refractivity contribution >= 4 is 28.6 Å². The van der Waals surface area contributed by atoms with Crippen molar-refractivity contribution in [2.24, 2.45) is 0 Å². The van der Waals surface area contributed by atoms with E-state index in [1.54, 1.807) is 55.6 Å². The van der Waals surface area contributed by atoms with E-state index in [1.807, 2.05) is 49.5 Å². The molecular weight excluding hydrogens is 558 g/mol. The SMILES string of the molecule is CN(C(=O)/C=C/CN(C)[C@@H]1CCOC1)c1cccc(-n2c(=O)n(-c3ccc(Oc4ccccc4)cc3)c3c(N)ncnc32)c1. The summed E-state index contributed by atoms with van der Waals surface area (Å²) in [6.45, 7) is 2.13. The number of amides is 1. The summed E-state index contributed by atoms with van der Waals surface area (Å²) < 4.78 is 14.3. The van der Waals surface area contributed by atoms with Gasteiger partial charge >= 0.3 is 5.69 Å². The van der Waals surface area contributed by atoms with Gasteiger partial charge < -0.3 is 20.1 Å². The molecule has 11 heteroatoms. The van der Waals surface area contributed by atoms with Crippen LogP contribution in [0.1, 0.15) is 6.42 Å². The monoisotopic (exact) mass is 591 g/mol. The van der Waals surface area contributed by atoms with E-state index >= 15 is 0 Å². The molecule has 5 aromatic rings. The quantitative estimate of drug-likeness (QED) is 0.254. The number of para-hydroxylation sites is 1. The molecule has 0 bridgehead atoms. The average molecular weight is 592 g/mol. The molecule has 3 heterocycles. The summed E-state index contributed by atoms with van der Waals surface area (Å²) in [5.41, 5.74) is 8.36. The lowest BCUT2D eigenvalue weighted by molar-refractivity contribution is -0.113. The highest BCUT2D eigenvalue weighted by Crippen LogP contribution is 2.27. The highest BCUT2D eigenvalue weighted by atomic mass is 16.5. The van der Waals surface area contributed by atoms with Crippen molar-refractivity contribution in [2.75, 3.05) is 44.5 Å². The lowest BCUT2D eigenvalue weighted by atomic mass is 10.2. The van der Waals surface area contributed by atoms with E-state index in [0.717, 1.165) is 13.0 Å². The number of nitrogens with zero attached hydrogens (tertiary/aromatic N) is 6. The molecule has 44 heavy (non-hydrogen) atoms. The lowest BCUT2D eigenvalue weighted by Gasteiger charge is -2.21. The van der Waals surface area contributed by atoms with Crippen LogP contribution in [0.4, 0.5) is 11.5 Å². The molecule has 1 atom stereocenters. The maximum absolute atomic E-state index is 14.0. The van der Waals surface area contributed by atoms with E-state index < -0.39 is 0 Å². The molecule has 2 N–H and O–H groups in total. The second kappa shape index (κ2) is 12.5. The molecule has 0 unspecified atom stereocenters. The van der Waals surface area contributed by atoms with E-state index in [9.17, 15) is 9.59 Å². The minimum absolute atomic E-state index is 0.165. The molecule has 224 valence electrons. The molecule has 1 aliphatic rings. The van der Waals surface area contributed by atoms with Crippen molar-refractivity contribution in [2.45, 2.75) is 12.5 Å². The average Bonchev–Trinajstić information content (AvgIpc) is 3.69. The number of carbonyl (C=O) groups is 1. The van der Waals surface area contributed by atoms with Gasteiger partial charge in [0.1, 0.15) is 23.3 Å². The number of rotatable bonds is 9. The predicted molar refractivity (Wildman–Crippen MR) is 170 cm³/mol. The first-order valence-corrected chi connectivity index (χ1v) is 14.3. The van der Waals surface area contributed by atoms with Gasteiger partial charge in [0.15, 0.2) is 11.5 Å². The van der Waals surface area contributed by atoms with Gasteiger partial charge in [0.05, 0.1) is 18.0 Å². The van der Waals surface area contributed by atoms with Crippen molar-refractivity contribution < 1.29 is 14.3 Å². The number of likely N-dealkylation sites (N-methyl/N-ethyl adjacent to an activating group) is 2. The summed E-state index contributed by atoms with van der Waals surface area (Å²) in [7, 11) is 3.73. The number of carbonyl (C=O) groups excluding carboxylic acids is 1. The van der Waals surface area contributed by atoms with Gasteiger partial charge in [-0.1, -0.05) is 30.3 Å². The van der Waals surface area contributed by atoms with Crippen molar-refractivity contribution in [1.82, 2.24) is 24.0 Å². The number of fused-ring (bicyclic) bond motifs is 1. The molecule has 1 fully saturated rings. The van der Waals surface area contributed by atoms with Crippen molar-refractivity contribution in [3.05, 3.63) is 108 Å². The van der Waals surface area contributed by atoms with E-state index in [1.165, 1.54) is 20.4 Å². The number of ether oxygens (including phenoxy) is 2. The maximum atomic E-state index is 14.0. The zero-order valence-corrected chi connectivity index (χ0v) is 24.5. The number of hydrogen-bond donors (Lipinski definition) is 1. The Morgan fingerprint density at radius 3 is 2.52 bits per heavy atom. The normalized spacial score (nSPS) is 14.9. The third-order valence-electron chi connectivity index (χ3n) is 7.71. The standard InChI is InChI=1S/C33H33N7O4/c1-37(26-17-19-43-21-26)18-7-12-29(41)38(2)24-8-6-9-25(20-24)40-32-30(31(34)35-22-36-32)39(33(40)42)23-13-15-28(16-14-23)44-27-10-4-3-5-11-27/h3-16,20,22,26H,17-19,21H2,1-2H3,(H2,34,35,36)/b12-7+/t26-/m1/s1. The minimum Gasteiger partial charge on any atom is -0.457 e. The minimum atomic E-state index is -0.381. The van der Waals surface area contributed by atoms with Crippen LogP contribution < -0.4 is 21.1 Å². The molecule has 11 nitrogen and oxygen atoms in total. The Kier molecular flexibility index (Phi) is 8.22. The molecule has 1 saturated heterocycles. The molecular formula is C33H33N7O4. The first-order valence-electron chi connectivity index (χ1n) is 14.3. The smallest absolute Gasteiger partial charge is 0.339 e. The van der Waals surface area contributed by atoms with Crippen LogP contribution in [-0.4, -0.2) is 69.8 Å². The topological polar surface area (TPSA) is 121 Å². The third kappa shape index (κ3) is 5.83. The summed E-state index contributed by atoms with van der Waals surface area (Å²) in [5, 5.41) is 0. The number of nitrogens with two attached hydrogens (primary N) is 1. The van der Waals surface area contributed by atoms with Crippen LogP contribution in [-0.2, 0) is 9.53 Å². The fourth-order valence-corrected chi connectivity index (χ4v) is 5.23. The van der Waals surface area contributed by atoms with Crippen LogP contribution in [0, 0.1) is 0 Å². The van der Waals surface area contributed by atoms with Gasteiger partial charge in [0.25, 0.3) is 0 Å². The maximum Gasteiger partial charge on any atom is 0.339 e. The van der Waals surface area contributed by atoms with Crippen molar-refractivity contribution in [1.29, 1.82) is 0 Å². The van der Waals surface area contributed by atoms with E-state index in [4.69, 9.17) is 15.2 Å². The van der Waals surface area contributed by atoms with Gasteiger partial charge in [-0.3, -0.25) is 14.3 Å². The first kappa shape index (κ1) is 28.8. The molecule has 0 radical (unpaired) electrons. The summed E-state index contributed by atoms with van der Waals surface area (Å²) >= 11 is 0. The second-order valence-electron chi connectivity index (χ2n) is 10.6. The highest BCUT2D eigenvalue weighted by Gasteiger charge is 2.22. The summed E-state index contributed by atoms with van der Waals surface area (Å²) in [5.74, 6) is 1.31. The molecule has 0 saturated carbocycles. The number of aromatic nitrogens is 4. The fraction of sp³-hybridized carbons (Fsp3) is 0.212. The molecule has 0 aliphatic carbocycles. The van der Waals surface area contributed by atoms with Crippen LogP contribution >= 0.6 is 0 Å². The second-order valence-corrected chi connectivity index (χ2v) is 10.6. The van der Waals surface area contributed by atoms with Gasteiger partial charge in [-0.25, -0.2) is 19.3 Å². The molecule has 2 aromatic heterocycles. The van der Waals surface area contributed by atoms with Gasteiger partial charge in [0.2, 0.25) is 5.91 Å².